The van der Waals surface area contributed by atoms with Crippen LogP contribution in [0, 0.1) is 0 Å². The molecule has 0 aromatic heterocycles. The van der Waals surface area contributed by atoms with Crippen molar-refractivity contribution in [1.82, 2.24) is 16.2 Å². The molecule has 0 bridgehead atoms. The number of carbonyl (C=O) groups excluding carboxylic acids is 1. The van der Waals surface area contributed by atoms with Crippen molar-refractivity contribution in [2.45, 2.75) is 18.2 Å². The van der Waals surface area contributed by atoms with Gasteiger partial charge < -0.3 is 5.32 Å². The van der Waals surface area contributed by atoms with Gasteiger partial charge in [0.2, 0.25) is 5.91 Å². The zero-order valence-corrected chi connectivity index (χ0v) is 12.7. The number of hydrogen-bond donors (Lipinski definition) is 3. The van der Waals surface area contributed by atoms with Gasteiger partial charge in [0.05, 0.1) is 10.6 Å². The highest BCUT2D eigenvalue weighted by Crippen LogP contribution is 2.10. The van der Waals surface area contributed by atoms with Crippen LogP contribution in [-0.2, 0) is 14.6 Å². The lowest BCUT2D eigenvalue weighted by Crippen LogP contribution is -2.46. The first kappa shape index (κ1) is 16.4. The molecule has 3 N–H and O–H groups in total. The van der Waals surface area contributed by atoms with Gasteiger partial charge in [0.25, 0.3) is 0 Å². The molecule has 0 spiro atoms. The minimum absolute atomic E-state index is 0.140. The fraction of sp³-hybridized carbons (Fsp3) is 0.333. The van der Waals surface area contributed by atoms with E-state index in [9.17, 15) is 13.2 Å². The van der Waals surface area contributed by atoms with E-state index in [0.29, 0.717) is 6.54 Å². The highest BCUT2D eigenvalue weighted by Gasteiger charge is 2.15. The van der Waals surface area contributed by atoms with E-state index >= 15 is 0 Å². The zero-order chi connectivity index (χ0) is 15.0. The summed E-state index contributed by atoms with van der Waals surface area (Å²) in [4.78, 5) is 11.7. The van der Waals surface area contributed by atoms with Gasteiger partial charge in [-0.1, -0.05) is 18.2 Å². The number of hydrazine groups is 1. The van der Waals surface area contributed by atoms with Gasteiger partial charge in [-0.15, -0.1) is 0 Å². The lowest BCUT2D eigenvalue weighted by Gasteiger charge is -2.10. The molecule has 0 fully saturated rings. The van der Waals surface area contributed by atoms with Crippen molar-refractivity contribution in [3.63, 3.8) is 0 Å². The quantitative estimate of drug-likeness (QED) is 0.537. The molecule has 1 amide bonds. The largest absolute Gasteiger partial charge is 0.362 e. The Kier molecular flexibility index (Phi) is 6.40. The third-order valence-corrected chi connectivity index (χ3v) is 4.33. The van der Waals surface area contributed by atoms with Crippen molar-refractivity contribution >= 4 is 33.1 Å². The van der Waals surface area contributed by atoms with Gasteiger partial charge in [0, 0.05) is 13.0 Å². The minimum atomic E-state index is -3.44. The average molecular weight is 315 g/mol. The summed E-state index contributed by atoms with van der Waals surface area (Å²) in [6.45, 7) is 2.49. The molecule has 0 heterocycles. The van der Waals surface area contributed by atoms with Gasteiger partial charge in [0.15, 0.2) is 14.9 Å². The zero-order valence-electron chi connectivity index (χ0n) is 11.0. The van der Waals surface area contributed by atoms with Crippen molar-refractivity contribution < 1.29 is 13.2 Å². The highest BCUT2D eigenvalue weighted by molar-refractivity contribution is 7.91. The Morgan fingerprint density at radius 3 is 2.45 bits per heavy atom. The standard InChI is InChI=1S/C12H17N3O3S2/c1-2-13-12(19)15-14-11(16)8-9-20(17,18)10-6-4-3-5-7-10/h3-7H,2,8-9H2,1H3,(H,14,16)(H2,13,15,19). The van der Waals surface area contributed by atoms with Crippen LogP contribution in [0.25, 0.3) is 0 Å². The molecule has 0 unspecified atom stereocenters. The predicted molar refractivity (Wildman–Crippen MR) is 80.7 cm³/mol. The molecule has 0 saturated carbocycles. The molecular weight excluding hydrogens is 298 g/mol. The van der Waals surface area contributed by atoms with E-state index in [1.807, 2.05) is 6.92 Å². The second-order valence-electron chi connectivity index (χ2n) is 3.91. The van der Waals surface area contributed by atoms with Crippen LogP contribution < -0.4 is 16.2 Å². The van der Waals surface area contributed by atoms with Crippen molar-refractivity contribution in [3.05, 3.63) is 30.3 Å². The van der Waals surface area contributed by atoms with Crippen LogP contribution in [0.15, 0.2) is 35.2 Å². The summed E-state index contributed by atoms with van der Waals surface area (Å²) in [6, 6.07) is 8.03. The van der Waals surface area contributed by atoms with E-state index < -0.39 is 15.7 Å². The van der Waals surface area contributed by atoms with Crippen molar-refractivity contribution in [3.8, 4) is 0 Å². The Bertz CT molecular complexity index is 559. The number of nitrogens with one attached hydrogen (secondary N) is 3. The van der Waals surface area contributed by atoms with Crippen LogP contribution in [0.1, 0.15) is 13.3 Å². The Labute approximate surface area is 123 Å². The number of thiocarbonyl (C=S) groups is 1. The Hall–Kier alpha value is -1.67. The molecule has 6 nitrogen and oxygen atoms in total. The van der Waals surface area contributed by atoms with Gasteiger partial charge in [-0.25, -0.2) is 8.42 Å². The summed E-state index contributed by atoms with van der Waals surface area (Å²) in [5, 5.41) is 3.07. The van der Waals surface area contributed by atoms with E-state index in [1.165, 1.54) is 12.1 Å². The highest BCUT2D eigenvalue weighted by atomic mass is 32.2. The lowest BCUT2D eigenvalue weighted by molar-refractivity contribution is -0.121. The molecule has 0 atom stereocenters. The van der Waals surface area contributed by atoms with Crippen LogP contribution in [0.4, 0.5) is 0 Å². The molecule has 1 aromatic carbocycles. The first-order valence-electron chi connectivity index (χ1n) is 6.06. The first-order chi connectivity index (χ1) is 9.45. The number of sulfone groups is 1. The van der Waals surface area contributed by atoms with Gasteiger partial charge in [-0.05, 0) is 31.3 Å². The predicted octanol–water partition coefficient (Wildman–Crippen LogP) is 0.366. The minimum Gasteiger partial charge on any atom is -0.362 e. The second kappa shape index (κ2) is 7.81. The molecule has 0 aliphatic carbocycles. The fourth-order valence-electron chi connectivity index (χ4n) is 1.37. The summed E-state index contributed by atoms with van der Waals surface area (Å²) in [7, 11) is -3.44. The topological polar surface area (TPSA) is 87.3 Å². The Morgan fingerprint density at radius 2 is 1.85 bits per heavy atom. The number of carbonyl (C=O) groups is 1. The summed E-state index contributed by atoms with van der Waals surface area (Å²) in [5.74, 6) is -0.692. The number of amides is 1. The summed E-state index contributed by atoms with van der Waals surface area (Å²) in [5.41, 5.74) is 4.82. The van der Waals surface area contributed by atoms with Gasteiger partial charge in [0.1, 0.15) is 0 Å². The Morgan fingerprint density at radius 1 is 1.20 bits per heavy atom. The Balaban J connectivity index is 2.43. The maximum Gasteiger partial charge on any atom is 0.239 e. The second-order valence-corrected chi connectivity index (χ2v) is 6.43. The fourth-order valence-corrected chi connectivity index (χ4v) is 2.82. The van der Waals surface area contributed by atoms with Gasteiger partial charge in [-0.2, -0.15) is 0 Å². The molecule has 0 aliphatic heterocycles. The van der Waals surface area contributed by atoms with E-state index in [2.05, 4.69) is 16.2 Å². The van der Waals surface area contributed by atoms with Crippen LogP contribution >= 0.6 is 12.2 Å². The molecule has 1 rings (SSSR count). The number of benzene rings is 1. The average Bonchev–Trinajstić information content (AvgIpc) is 2.44. The molecular formula is C12H17N3O3S2. The van der Waals surface area contributed by atoms with Crippen molar-refractivity contribution in [2.24, 2.45) is 0 Å². The smallest absolute Gasteiger partial charge is 0.239 e. The third-order valence-electron chi connectivity index (χ3n) is 2.35. The van der Waals surface area contributed by atoms with Crippen LogP contribution in [0.2, 0.25) is 0 Å². The summed E-state index contributed by atoms with van der Waals surface area (Å²) in [6.07, 6.45) is -0.140. The van der Waals surface area contributed by atoms with Gasteiger partial charge >= 0.3 is 0 Å². The number of hydrogen-bond acceptors (Lipinski definition) is 4. The normalized spacial score (nSPS) is 10.7. The molecule has 8 heteroatoms. The monoisotopic (exact) mass is 315 g/mol. The van der Waals surface area contributed by atoms with E-state index in [-0.39, 0.29) is 22.2 Å². The molecule has 110 valence electrons. The van der Waals surface area contributed by atoms with E-state index in [0.717, 1.165) is 0 Å². The maximum absolute atomic E-state index is 11.9. The SMILES string of the molecule is CCNC(=S)NNC(=O)CCS(=O)(=O)c1ccccc1. The van der Waals surface area contributed by atoms with E-state index in [4.69, 9.17) is 12.2 Å². The van der Waals surface area contributed by atoms with E-state index in [1.54, 1.807) is 18.2 Å². The first-order valence-corrected chi connectivity index (χ1v) is 8.12. The lowest BCUT2D eigenvalue weighted by atomic mass is 10.4. The molecule has 20 heavy (non-hydrogen) atoms. The summed E-state index contributed by atoms with van der Waals surface area (Å²) >= 11 is 4.85. The maximum atomic E-state index is 11.9. The van der Waals surface area contributed by atoms with Crippen molar-refractivity contribution in [2.75, 3.05) is 12.3 Å². The number of rotatable bonds is 5. The third kappa shape index (κ3) is 5.54. The van der Waals surface area contributed by atoms with Crippen LogP contribution in [0.5, 0.6) is 0 Å². The van der Waals surface area contributed by atoms with Crippen LogP contribution in [-0.4, -0.2) is 31.7 Å². The molecule has 0 radical (unpaired) electrons. The molecule has 0 saturated heterocycles. The van der Waals surface area contributed by atoms with Crippen molar-refractivity contribution in [1.29, 1.82) is 0 Å². The molecule has 1 aromatic rings. The van der Waals surface area contributed by atoms with Gasteiger partial charge in [-0.3, -0.25) is 15.6 Å². The summed E-state index contributed by atoms with van der Waals surface area (Å²) < 4.78 is 23.9. The van der Waals surface area contributed by atoms with Crippen LogP contribution in [0.3, 0.4) is 0 Å². The molecule has 0 aliphatic rings.